The van der Waals surface area contributed by atoms with Gasteiger partial charge >= 0.3 is 0 Å². The van der Waals surface area contributed by atoms with Crippen molar-refractivity contribution in [1.29, 1.82) is 0 Å². The van der Waals surface area contributed by atoms with Gasteiger partial charge in [0.1, 0.15) is 0 Å². The van der Waals surface area contributed by atoms with Crippen molar-refractivity contribution in [1.82, 2.24) is 20.0 Å². The van der Waals surface area contributed by atoms with E-state index in [-0.39, 0.29) is 17.9 Å². The summed E-state index contributed by atoms with van der Waals surface area (Å²) in [5.74, 6) is 1.65. The van der Waals surface area contributed by atoms with E-state index >= 15 is 0 Å². The molecule has 0 aromatic heterocycles. The van der Waals surface area contributed by atoms with E-state index in [2.05, 4.69) is 33.9 Å². The molecule has 154 valence electrons. The summed E-state index contributed by atoms with van der Waals surface area (Å²) in [6.45, 7) is 12.3. The molecular formula is C21H38N4O2. The monoisotopic (exact) mass is 378 g/mol. The number of rotatable bonds is 5. The van der Waals surface area contributed by atoms with E-state index in [0.29, 0.717) is 24.4 Å². The van der Waals surface area contributed by atoms with Crippen LogP contribution in [0, 0.1) is 11.8 Å². The van der Waals surface area contributed by atoms with Crippen molar-refractivity contribution in [2.45, 2.75) is 65.0 Å². The average molecular weight is 379 g/mol. The van der Waals surface area contributed by atoms with E-state index in [9.17, 15) is 9.59 Å². The second kappa shape index (κ2) is 9.37. The van der Waals surface area contributed by atoms with Crippen LogP contribution in [-0.2, 0) is 9.59 Å². The summed E-state index contributed by atoms with van der Waals surface area (Å²) in [6.07, 6.45) is 5.95. The number of piperazine rings is 1. The Bertz CT molecular complexity index is 502. The number of nitrogens with one attached hydrogen (secondary N) is 1. The molecule has 3 aliphatic rings. The van der Waals surface area contributed by atoms with Gasteiger partial charge in [0.2, 0.25) is 11.8 Å². The van der Waals surface area contributed by atoms with Crippen LogP contribution in [0.2, 0.25) is 0 Å². The highest BCUT2D eigenvalue weighted by Crippen LogP contribution is 2.21. The molecule has 0 spiro atoms. The van der Waals surface area contributed by atoms with E-state index in [0.717, 1.165) is 52.1 Å². The second-order valence-electron chi connectivity index (χ2n) is 9.22. The van der Waals surface area contributed by atoms with Crippen LogP contribution in [0.4, 0.5) is 0 Å². The minimum atomic E-state index is -0.0766. The summed E-state index contributed by atoms with van der Waals surface area (Å²) >= 11 is 0. The predicted octanol–water partition coefficient (Wildman–Crippen LogP) is 1.56. The van der Waals surface area contributed by atoms with Gasteiger partial charge in [0.15, 0.2) is 0 Å². The van der Waals surface area contributed by atoms with Crippen molar-refractivity contribution in [2.24, 2.45) is 11.8 Å². The van der Waals surface area contributed by atoms with Gasteiger partial charge in [0, 0.05) is 45.3 Å². The van der Waals surface area contributed by atoms with Crippen molar-refractivity contribution < 1.29 is 9.59 Å². The molecule has 1 saturated carbocycles. The zero-order chi connectivity index (χ0) is 19.4. The fraction of sp³-hybridized carbons (Fsp3) is 0.905. The Balaban J connectivity index is 1.40. The summed E-state index contributed by atoms with van der Waals surface area (Å²) in [5, 5.41) is 3.22. The van der Waals surface area contributed by atoms with E-state index in [1.54, 1.807) is 0 Å². The highest BCUT2D eigenvalue weighted by atomic mass is 16.2. The lowest BCUT2D eigenvalue weighted by molar-refractivity contribution is -0.136. The summed E-state index contributed by atoms with van der Waals surface area (Å²) in [4.78, 5) is 31.8. The summed E-state index contributed by atoms with van der Waals surface area (Å²) in [7, 11) is 0. The largest absolute Gasteiger partial charge is 0.352 e. The van der Waals surface area contributed by atoms with Gasteiger partial charge in [-0.2, -0.15) is 0 Å². The summed E-state index contributed by atoms with van der Waals surface area (Å²) in [5.41, 5.74) is 0. The molecule has 3 fully saturated rings. The summed E-state index contributed by atoms with van der Waals surface area (Å²) in [6, 6.07) is 0.306. The summed E-state index contributed by atoms with van der Waals surface area (Å²) < 4.78 is 0. The molecule has 1 aliphatic carbocycles. The molecule has 6 heteroatoms. The Labute approximate surface area is 164 Å². The van der Waals surface area contributed by atoms with Gasteiger partial charge in [-0.05, 0) is 38.0 Å². The number of nitrogens with zero attached hydrogens (tertiary/aromatic N) is 3. The number of hydrogen-bond donors (Lipinski definition) is 1. The maximum absolute atomic E-state index is 12.7. The lowest BCUT2D eigenvalue weighted by atomic mass is 9.92. The first kappa shape index (κ1) is 20.6. The van der Waals surface area contributed by atoms with Crippen molar-refractivity contribution in [3.8, 4) is 0 Å². The first-order valence-electron chi connectivity index (χ1n) is 11.0. The number of hydrogen-bond acceptors (Lipinski definition) is 4. The maximum Gasteiger partial charge on any atom is 0.237 e. The number of amides is 2. The van der Waals surface area contributed by atoms with Gasteiger partial charge in [-0.15, -0.1) is 0 Å². The topological polar surface area (TPSA) is 55.9 Å². The molecule has 27 heavy (non-hydrogen) atoms. The number of likely N-dealkylation sites (tertiary alicyclic amines) is 1. The Morgan fingerprint density at radius 1 is 1.00 bits per heavy atom. The molecule has 0 radical (unpaired) electrons. The maximum atomic E-state index is 12.7. The molecule has 3 atom stereocenters. The van der Waals surface area contributed by atoms with Crippen LogP contribution in [0.15, 0.2) is 0 Å². The van der Waals surface area contributed by atoms with Crippen LogP contribution in [0.3, 0.4) is 0 Å². The lowest BCUT2D eigenvalue weighted by Gasteiger charge is -2.39. The zero-order valence-corrected chi connectivity index (χ0v) is 17.5. The van der Waals surface area contributed by atoms with Crippen LogP contribution >= 0.6 is 0 Å². The van der Waals surface area contributed by atoms with Crippen molar-refractivity contribution in [3.63, 3.8) is 0 Å². The third-order valence-electron chi connectivity index (χ3n) is 6.62. The Hall–Kier alpha value is -1.14. The lowest BCUT2D eigenvalue weighted by Crippen LogP contribution is -2.56. The van der Waals surface area contributed by atoms with E-state index in [4.69, 9.17) is 0 Å². The molecule has 0 aromatic rings. The number of piperidine rings is 1. The second-order valence-corrected chi connectivity index (χ2v) is 9.22. The highest BCUT2D eigenvalue weighted by molar-refractivity contribution is 5.81. The Morgan fingerprint density at radius 2 is 1.59 bits per heavy atom. The van der Waals surface area contributed by atoms with Gasteiger partial charge in [-0.3, -0.25) is 19.4 Å². The van der Waals surface area contributed by atoms with Crippen molar-refractivity contribution >= 4 is 11.8 Å². The molecule has 2 saturated heterocycles. The molecule has 0 aromatic carbocycles. The molecule has 6 nitrogen and oxygen atoms in total. The molecule has 3 rings (SSSR count). The van der Waals surface area contributed by atoms with Gasteiger partial charge < -0.3 is 10.2 Å². The predicted molar refractivity (Wildman–Crippen MR) is 107 cm³/mol. The van der Waals surface area contributed by atoms with Crippen LogP contribution < -0.4 is 5.32 Å². The third-order valence-corrected chi connectivity index (χ3v) is 6.62. The molecule has 2 aliphatic heterocycles. The average Bonchev–Trinajstić information content (AvgIpc) is 3.14. The standard InChI is InChI=1S/C21H38N4O2/c1-16-12-17(2)14-25(13-16)20(26)15-23-8-10-24(11-9-23)18(3)21(27)22-19-6-4-5-7-19/h16-19H,4-15H2,1-3H3,(H,22,27). The van der Waals surface area contributed by atoms with Gasteiger partial charge in [0.05, 0.1) is 12.6 Å². The first-order valence-corrected chi connectivity index (χ1v) is 11.0. The Kier molecular flexibility index (Phi) is 7.15. The molecule has 3 unspecified atom stereocenters. The van der Waals surface area contributed by atoms with Crippen LogP contribution in [0.25, 0.3) is 0 Å². The van der Waals surface area contributed by atoms with Crippen LogP contribution in [-0.4, -0.2) is 84.4 Å². The Morgan fingerprint density at radius 3 is 2.19 bits per heavy atom. The normalized spacial score (nSPS) is 29.7. The molecular weight excluding hydrogens is 340 g/mol. The third kappa shape index (κ3) is 5.67. The van der Waals surface area contributed by atoms with Crippen LogP contribution in [0.1, 0.15) is 52.9 Å². The minimum absolute atomic E-state index is 0.0766. The van der Waals surface area contributed by atoms with E-state index < -0.39 is 0 Å². The molecule has 2 amide bonds. The smallest absolute Gasteiger partial charge is 0.237 e. The molecule has 2 heterocycles. The minimum Gasteiger partial charge on any atom is -0.352 e. The molecule has 1 N–H and O–H groups in total. The SMILES string of the molecule is CC1CC(C)CN(C(=O)CN2CCN(C(C)C(=O)NC3CCCC3)CC2)C1. The van der Waals surface area contributed by atoms with Gasteiger partial charge in [0.25, 0.3) is 0 Å². The zero-order valence-electron chi connectivity index (χ0n) is 17.5. The first-order chi connectivity index (χ1) is 12.9. The van der Waals surface area contributed by atoms with Crippen LogP contribution in [0.5, 0.6) is 0 Å². The fourth-order valence-electron chi connectivity index (χ4n) is 5.02. The van der Waals surface area contributed by atoms with Crippen molar-refractivity contribution in [3.05, 3.63) is 0 Å². The number of carbonyl (C=O) groups excluding carboxylic acids is 2. The van der Waals surface area contributed by atoms with E-state index in [1.807, 2.05) is 6.92 Å². The van der Waals surface area contributed by atoms with Crippen molar-refractivity contribution in [2.75, 3.05) is 45.8 Å². The molecule has 0 bridgehead atoms. The highest BCUT2D eigenvalue weighted by Gasteiger charge is 2.30. The number of carbonyl (C=O) groups is 2. The quantitative estimate of drug-likeness (QED) is 0.789. The van der Waals surface area contributed by atoms with E-state index in [1.165, 1.54) is 19.3 Å². The fourth-order valence-corrected chi connectivity index (χ4v) is 5.02. The van der Waals surface area contributed by atoms with Gasteiger partial charge in [-0.1, -0.05) is 26.7 Å². The van der Waals surface area contributed by atoms with Gasteiger partial charge in [-0.25, -0.2) is 0 Å².